The molecule has 4 heterocycles. The molecule has 0 fully saturated rings. The molecule has 0 saturated heterocycles. The SMILES string of the molecule is Nc1c(C(=O)NCc2ccccc2)sc2nc(-c3cccs3)cc(-c3cccs3)c12. The number of anilines is 1. The molecule has 0 bridgehead atoms. The smallest absolute Gasteiger partial charge is 0.263 e. The first-order chi connectivity index (χ1) is 14.7. The van der Waals surface area contributed by atoms with E-state index in [-0.39, 0.29) is 5.91 Å². The van der Waals surface area contributed by atoms with Crippen molar-refractivity contribution in [2.45, 2.75) is 6.54 Å². The van der Waals surface area contributed by atoms with Crippen LogP contribution in [0.25, 0.3) is 31.2 Å². The summed E-state index contributed by atoms with van der Waals surface area (Å²) in [5.74, 6) is -0.172. The van der Waals surface area contributed by atoms with Gasteiger partial charge in [-0.2, -0.15) is 0 Å². The topological polar surface area (TPSA) is 68.0 Å². The number of thiophene rings is 3. The highest BCUT2D eigenvalue weighted by atomic mass is 32.1. The van der Waals surface area contributed by atoms with Gasteiger partial charge in [0.05, 0.1) is 16.3 Å². The zero-order chi connectivity index (χ0) is 20.5. The van der Waals surface area contributed by atoms with E-state index in [1.165, 1.54) is 11.3 Å². The molecular weight excluding hydrogens is 430 g/mol. The maximum Gasteiger partial charge on any atom is 0.263 e. The van der Waals surface area contributed by atoms with Crippen molar-refractivity contribution in [1.82, 2.24) is 10.3 Å². The monoisotopic (exact) mass is 447 g/mol. The molecule has 30 heavy (non-hydrogen) atoms. The van der Waals surface area contributed by atoms with Gasteiger partial charge in [-0.15, -0.1) is 34.0 Å². The maximum absolute atomic E-state index is 12.9. The third-order valence-corrected chi connectivity index (χ3v) is 7.66. The van der Waals surface area contributed by atoms with Crippen LogP contribution in [0.15, 0.2) is 71.4 Å². The van der Waals surface area contributed by atoms with Gasteiger partial charge in [-0.1, -0.05) is 42.5 Å². The Morgan fingerprint density at radius 2 is 1.70 bits per heavy atom. The molecule has 0 radical (unpaired) electrons. The number of carbonyl (C=O) groups excluding carboxylic acids is 1. The summed E-state index contributed by atoms with van der Waals surface area (Å²) in [6.07, 6.45) is 0. The fraction of sp³-hybridized carbons (Fsp3) is 0.0435. The summed E-state index contributed by atoms with van der Waals surface area (Å²) in [5.41, 5.74) is 9.96. The lowest BCUT2D eigenvalue weighted by molar-refractivity contribution is 0.0956. The lowest BCUT2D eigenvalue weighted by atomic mass is 10.1. The molecule has 3 N–H and O–H groups in total. The molecule has 7 heteroatoms. The summed E-state index contributed by atoms with van der Waals surface area (Å²) in [6, 6.07) is 20.1. The number of carbonyl (C=O) groups is 1. The summed E-state index contributed by atoms with van der Waals surface area (Å²) in [7, 11) is 0. The van der Waals surface area contributed by atoms with Crippen molar-refractivity contribution >= 4 is 55.8 Å². The van der Waals surface area contributed by atoms with E-state index in [1.807, 2.05) is 53.2 Å². The van der Waals surface area contributed by atoms with E-state index in [9.17, 15) is 4.79 Å². The summed E-state index contributed by atoms with van der Waals surface area (Å²) in [5, 5.41) is 7.92. The molecule has 0 unspecified atom stereocenters. The number of pyridine rings is 1. The fourth-order valence-electron chi connectivity index (χ4n) is 3.32. The number of nitrogens with one attached hydrogen (secondary N) is 1. The van der Waals surface area contributed by atoms with E-state index in [1.54, 1.807) is 22.7 Å². The molecular formula is C23H17N3OS3. The minimum Gasteiger partial charge on any atom is -0.397 e. The number of fused-ring (bicyclic) bond motifs is 1. The predicted molar refractivity (Wildman–Crippen MR) is 128 cm³/mol. The molecule has 0 aliphatic heterocycles. The Kier molecular flexibility index (Phi) is 5.08. The lowest BCUT2D eigenvalue weighted by Crippen LogP contribution is -2.22. The Morgan fingerprint density at radius 1 is 0.967 bits per heavy atom. The summed E-state index contributed by atoms with van der Waals surface area (Å²) in [4.78, 5) is 21.3. The van der Waals surface area contributed by atoms with Crippen LogP contribution >= 0.6 is 34.0 Å². The number of amides is 1. The van der Waals surface area contributed by atoms with Crippen LogP contribution in [0.4, 0.5) is 5.69 Å². The maximum atomic E-state index is 12.9. The van der Waals surface area contributed by atoms with Crippen LogP contribution in [0.1, 0.15) is 15.2 Å². The van der Waals surface area contributed by atoms with Gasteiger partial charge in [0, 0.05) is 22.4 Å². The van der Waals surface area contributed by atoms with E-state index in [0.717, 1.165) is 36.8 Å². The predicted octanol–water partition coefficient (Wildman–Crippen LogP) is 6.27. The van der Waals surface area contributed by atoms with Crippen LogP contribution in [-0.4, -0.2) is 10.9 Å². The van der Waals surface area contributed by atoms with Crippen molar-refractivity contribution in [3.05, 3.63) is 81.9 Å². The molecule has 148 valence electrons. The van der Waals surface area contributed by atoms with Crippen LogP contribution in [0.5, 0.6) is 0 Å². The van der Waals surface area contributed by atoms with Gasteiger partial charge in [0.1, 0.15) is 9.71 Å². The highest BCUT2D eigenvalue weighted by Gasteiger charge is 2.22. The second-order valence-corrected chi connectivity index (χ2v) is 9.60. The molecule has 0 atom stereocenters. The number of hydrogen-bond donors (Lipinski definition) is 2. The van der Waals surface area contributed by atoms with Gasteiger partial charge in [-0.25, -0.2) is 4.98 Å². The zero-order valence-corrected chi connectivity index (χ0v) is 18.2. The highest BCUT2D eigenvalue weighted by Crippen LogP contribution is 2.42. The Hall–Kier alpha value is -3.00. The number of benzene rings is 1. The van der Waals surface area contributed by atoms with Gasteiger partial charge in [-0.05, 0) is 34.5 Å². The van der Waals surface area contributed by atoms with Gasteiger partial charge in [0.2, 0.25) is 0 Å². The number of aromatic nitrogens is 1. The second kappa shape index (κ2) is 8.02. The van der Waals surface area contributed by atoms with E-state index in [2.05, 4.69) is 23.5 Å². The molecule has 0 spiro atoms. The fourth-order valence-corrected chi connectivity index (χ4v) is 5.80. The second-order valence-electron chi connectivity index (χ2n) is 6.70. The number of rotatable bonds is 5. The van der Waals surface area contributed by atoms with Crippen LogP contribution in [0.2, 0.25) is 0 Å². The Morgan fingerprint density at radius 3 is 2.40 bits per heavy atom. The van der Waals surface area contributed by atoms with Crippen molar-refractivity contribution in [2.75, 3.05) is 5.73 Å². The van der Waals surface area contributed by atoms with Gasteiger partial charge in [0.25, 0.3) is 5.91 Å². The number of nitrogens with two attached hydrogens (primary N) is 1. The van der Waals surface area contributed by atoms with Crippen molar-refractivity contribution < 1.29 is 4.79 Å². The normalized spacial score (nSPS) is 11.1. The first-order valence-corrected chi connectivity index (χ1v) is 11.9. The average molecular weight is 448 g/mol. The number of nitrogen functional groups attached to an aromatic ring is 1. The van der Waals surface area contributed by atoms with Gasteiger partial charge < -0.3 is 11.1 Å². The van der Waals surface area contributed by atoms with E-state index >= 15 is 0 Å². The van der Waals surface area contributed by atoms with Gasteiger partial charge in [0.15, 0.2) is 0 Å². The Bertz CT molecular complexity index is 1310. The lowest BCUT2D eigenvalue weighted by Gasteiger charge is -2.06. The van der Waals surface area contributed by atoms with Crippen LogP contribution < -0.4 is 11.1 Å². The summed E-state index contributed by atoms with van der Waals surface area (Å²) >= 11 is 4.65. The first kappa shape index (κ1) is 19.0. The van der Waals surface area contributed by atoms with Crippen LogP contribution in [-0.2, 0) is 6.54 Å². The highest BCUT2D eigenvalue weighted by molar-refractivity contribution is 7.21. The molecule has 1 aromatic carbocycles. The van der Waals surface area contributed by atoms with Crippen molar-refractivity contribution in [2.24, 2.45) is 0 Å². The third kappa shape index (κ3) is 3.52. The molecule has 1 amide bonds. The quantitative estimate of drug-likeness (QED) is 0.334. The Balaban J connectivity index is 1.58. The molecule has 5 aromatic rings. The minimum absolute atomic E-state index is 0.172. The number of hydrogen-bond acceptors (Lipinski definition) is 6. The zero-order valence-electron chi connectivity index (χ0n) is 15.8. The van der Waals surface area contributed by atoms with Crippen molar-refractivity contribution in [3.8, 4) is 21.0 Å². The molecule has 0 saturated carbocycles. The average Bonchev–Trinajstić information content (AvgIpc) is 3.54. The van der Waals surface area contributed by atoms with E-state index in [4.69, 9.17) is 10.7 Å². The van der Waals surface area contributed by atoms with Crippen LogP contribution in [0.3, 0.4) is 0 Å². The molecule has 4 nitrogen and oxygen atoms in total. The first-order valence-electron chi connectivity index (χ1n) is 9.33. The van der Waals surface area contributed by atoms with E-state index in [0.29, 0.717) is 17.1 Å². The Labute approximate surface area is 185 Å². The largest absolute Gasteiger partial charge is 0.397 e. The third-order valence-electron chi connectivity index (χ3n) is 4.76. The molecule has 0 aliphatic carbocycles. The molecule has 5 rings (SSSR count). The van der Waals surface area contributed by atoms with Crippen molar-refractivity contribution in [1.29, 1.82) is 0 Å². The molecule has 4 aromatic heterocycles. The standard InChI is InChI=1S/C23H17N3OS3/c24-20-19-15(17-8-4-10-28-17)12-16(18-9-5-11-29-18)26-23(19)30-21(20)22(27)25-13-14-6-2-1-3-7-14/h1-12H,13,24H2,(H,25,27). The summed E-state index contributed by atoms with van der Waals surface area (Å²) in [6.45, 7) is 0.457. The van der Waals surface area contributed by atoms with Gasteiger partial charge in [-0.3, -0.25) is 4.79 Å². The minimum atomic E-state index is -0.172. The molecule has 0 aliphatic rings. The summed E-state index contributed by atoms with van der Waals surface area (Å²) < 4.78 is 0. The van der Waals surface area contributed by atoms with Gasteiger partial charge >= 0.3 is 0 Å². The van der Waals surface area contributed by atoms with E-state index < -0.39 is 0 Å². The number of nitrogens with zero attached hydrogens (tertiary/aromatic N) is 1. The van der Waals surface area contributed by atoms with Crippen molar-refractivity contribution in [3.63, 3.8) is 0 Å². The van der Waals surface area contributed by atoms with Crippen LogP contribution in [0, 0.1) is 0 Å².